The maximum absolute atomic E-state index is 14.7. The molecule has 3 aliphatic heterocycles. The van der Waals surface area contributed by atoms with E-state index in [0.29, 0.717) is 29.6 Å². The Balaban J connectivity index is 0.601. The SMILES string of the molecule is Cc1ncsc1-c1ccc([C@H](C)NC(=O)[C@@H]2C[C@@H](O)CN2C(=O)[C@@H](NC(=O)CCOCCOCCOCCNC(=O)c2nc(N3CCCc4c3nnc(Nc3nc5ccccc5s3)c4C)ccc2-c2cnn(CC34CC5(C)CC(C)(C3)CC(OCCN3CCCC3)(C5)C4)c2C)C(C)(C)C)cc1. The molecule has 540 valence electrons. The Morgan fingerprint density at radius 2 is 1.52 bits per heavy atom. The number of hydrogen-bond acceptors (Lipinski definition) is 20. The first-order valence-electron chi connectivity index (χ1n) is 36.2. The molecule has 5 aromatic heterocycles. The minimum Gasteiger partial charge on any atom is -0.391 e. The zero-order valence-corrected chi connectivity index (χ0v) is 61.8. The molecular formula is C76H100N14O9S2. The molecule has 0 radical (unpaired) electrons. The van der Waals surface area contributed by atoms with Crippen LogP contribution in [0.1, 0.15) is 157 Å². The highest BCUT2D eigenvalue weighted by Gasteiger charge is 2.66. The molecule has 6 fully saturated rings. The standard InChI is InChI=1S/C76H100N14O9S2/c1-48-55-15-14-28-88(67(55)86-85-66(48)84-71-81-58-16-10-11-17-60(58)101-71)61-23-22-56(57-38-79-90(51(57)4)46-75-41-73(8)40-74(9,42-75)44-76(43-73,45-75)99-32-29-87-26-12-13-27-87)63(82-61)69(94)77-25-31-97-34-36-98-35-33-96-30-24-62(92)83-65(72(5,6)7)70(95)89-39-54(91)37-59(89)68(93)80-49(2)52-18-20-53(21-19-52)64-50(3)78-47-100-64/h10-11,16-23,38,47,49,54,59,65,91H,12-15,24-37,39-46H2,1-9H3,(H,77,94)(H,80,93)(H,83,92)(H,81,84,85)/t49-,54+,59-,65+,73?,74?,75?,76?/m0/s1. The van der Waals surface area contributed by atoms with Crippen molar-refractivity contribution in [2.24, 2.45) is 21.7 Å². The molecule has 7 aromatic rings. The topological polar surface area (TPSA) is 266 Å². The number of hydrogen-bond donors (Lipinski definition) is 5. The highest BCUT2D eigenvalue weighted by Crippen LogP contribution is 2.72. The second kappa shape index (κ2) is 30.1. The Hall–Kier alpha value is -7.36. The molecule has 25 heteroatoms. The van der Waals surface area contributed by atoms with Gasteiger partial charge >= 0.3 is 0 Å². The number of nitrogens with zero attached hydrogens (tertiary/aromatic N) is 10. The molecule has 4 bridgehead atoms. The molecule has 101 heavy (non-hydrogen) atoms. The number of aliphatic hydroxyl groups excluding tert-OH is 1. The van der Waals surface area contributed by atoms with Gasteiger partial charge in [0, 0.05) is 73.5 Å². The largest absolute Gasteiger partial charge is 0.391 e. The van der Waals surface area contributed by atoms with E-state index in [0.717, 1.165) is 124 Å². The Bertz CT molecular complexity index is 4080. The summed E-state index contributed by atoms with van der Waals surface area (Å²) in [5.74, 6) is 0.444. The van der Waals surface area contributed by atoms with Crippen LogP contribution in [0.25, 0.3) is 31.8 Å². The third-order valence-electron chi connectivity index (χ3n) is 21.6. The summed E-state index contributed by atoms with van der Waals surface area (Å²) in [6, 6.07) is 17.8. The minimum absolute atomic E-state index is 0.00722. The van der Waals surface area contributed by atoms with E-state index in [4.69, 9.17) is 44.2 Å². The Kier molecular flexibility index (Phi) is 21.5. The van der Waals surface area contributed by atoms with Gasteiger partial charge in [-0.15, -0.1) is 21.5 Å². The zero-order valence-electron chi connectivity index (χ0n) is 60.1. The zero-order chi connectivity index (χ0) is 70.8. The van der Waals surface area contributed by atoms with Crippen LogP contribution < -0.4 is 26.2 Å². The van der Waals surface area contributed by atoms with Crippen molar-refractivity contribution < 1.29 is 43.2 Å². The molecule has 4 amide bonds. The number of amides is 4. The van der Waals surface area contributed by atoms with Crippen LogP contribution >= 0.6 is 22.7 Å². The molecule has 14 rings (SSSR count). The molecule has 0 spiro atoms. The van der Waals surface area contributed by atoms with E-state index in [-0.39, 0.29) is 117 Å². The Morgan fingerprint density at radius 1 is 0.792 bits per heavy atom. The van der Waals surface area contributed by atoms with Crippen LogP contribution in [0.4, 0.5) is 22.6 Å². The Labute approximate surface area is 600 Å². The van der Waals surface area contributed by atoms with Gasteiger partial charge in [-0.05, 0) is 162 Å². The van der Waals surface area contributed by atoms with Crippen LogP contribution in [-0.2, 0) is 46.3 Å². The number of aryl methyl sites for hydroxylation is 1. The van der Waals surface area contributed by atoms with Crippen LogP contribution in [0, 0.1) is 42.4 Å². The van der Waals surface area contributed by atoms with Gasteiger partial charge in [-0.2, -0.15) is 5.10 Å². The number of rotatable bonds is 29. The third-order valence-corrected chi connectivity index (χ3v) is 23.6. The number of carbonyl (C=O) groups excluding carboxylic acids is 4. The number of nitrogens with one attached hydrogen (secondary N) is 4. The quantitative estimate of drug-likeness (QED) is 0.0273. The normalized spacial score (nSPS) is 23.9. The number of aliphatic hydroxyl groups is 1. The predicted molar refractivity (Wildman–Crippen MR) is 392 cm³/mol. The summed E-state index contributed by atoms with van der Waals surface area (Å²) >= 11 is 3.15. The first-order chi connectivity index (χ1) is 48.4. The van der Waals surface area contributed by atoms with Gasteiger partial charge in [-0.1, -0.05) is 82.4 Å². The van der Waals surface area contributed by atoms with Crippen molar-refractivity contribution in [1.29, 1.82) is 0 Å². The van der Waals surface area contributed by atoms with Gasteiger partial charge in [-0.25, -0.2) is 15.0 Å². The van der Waals surface area contributed by atoms with E-state index in [1.165, 1.54) is 37.3 Å². The predicted octanol–water partition coefficient (Wildman–Crippen LogP) is 11.0. The third kappa shape index (κ3) is 16.2. The number of likely N-dealkylation sites (tertiary alicyclic amines) is 2. The lowest BCUT2D eigenvalue weighted by Gasteiger charge is -2.69. The average molecular weight is 1420 g/mol. The summed E-state index contributed by atoms with van der Waals surface area (Å²) in [6.45, 7) is 25.7. The molecule has 2 saturated heterocycles. The van der Waals surface area contributed by atoms with Crippen molar-refractivity contribution in [2.75, 3.05) is 95.7 Å². The van der Waals surface area contributed by atoms with E-state index in [9.17, 15) is 24.3 Å². The highest BCUT2D eigenvalue weighted by atomic mass is 32.1. The number of β-amino-alcohol motifs (C(OH)–C–C–N with tert-alkyl or cyclic N) is 1. The maximum atomic E-state index is 14.7. The fourth-order valence-electron chi connectivity index (χ4n) is 17.9. The number of benzene rings is 2. The van der Waals surface area contributed by atoms with Crippen LogP contribution in [-0.4, -0.2) is 183 Å². The van der Waals surface area contributed by atoms with Gasteiger partial charge in [0.25, 0.3) is 5.91 Å². The summed E-state index contributed by atoms with van der Waals surface area (Å²) in [6.07, 6.45) is 12.1. The number of ether oxygens (including phenoxy) is 4. The monoisotopic (exact) mass is 1420 g/mol. The molecule has 2 unspecified atom stereocenters. The molecule has 8 heterocycles. The Morgan fingerprint density at radius 3 is 2.25 bits per heavy atom. The van der Waals surface area contributed by atoms with E-state index >= 15 is 0 Å². The van der Waals surface area contributed by atoms with Gasteiger partial charge in [-0.3, -0.25) is 23.9 Å². The fourth-order valence-corrected chi connectivity index (χ4v) is 19.6. The van der Waals surface area contributed by atoms with Crippen LogP contribution in [0.5, 0.6) is 0 Å². The molecule has 2 aromatic carbocycles. The van der Waals surface area contributed by atoms with Gasteiger partial charge in [0.2, 0.25) is 17.7 Å². The fraction of sp³-hybridized carbons (Fsp3) is 0.579. The van der Waals surface area contributed by atoms with Crippen LogP contribution in [0.15, 0.2) is 72.4 Å². The van der Waals surface area contributed by atoms with Crippen molar-refractivity contribution >= 4 is 79.1 Å². The van der Waals surface area contributed by atoms with Crippen molar-refractivity contribution in [3.63, 3.8) is 0 Å². The average Bonchev–Trinajstić information content (AvgIpc) is 0.738. The van der Waals surface area contributed by atoms with Gasteiger partial charge in [0.05, 0.1) is 96.5 Å². The number of pyridine rings is 1. The van der Waals surface area contributed by atoms with Crippen molar-refractivity contribution in [3.05, 3.63) is 106 Å². The van der Waals surface area contributed by atoms with Gasteiger partial charge in [0.1, 0.15) is 23.6 Å². The van der Waals surface area contributed by atoms with E-state index < -0.39 is 29.5 Å². The second-order valence-corrected chi connectivity index (χ2v) is 33.1. The molecule has 5 N–H and O–H groups in total. The molecule has 4 aliphatic carbocycles. The summed E-state index contributed by atoms with van der Waals surface area (Å²) in [5.41, 5.74) is 10.1. The highest BCUT2D eigenvalue weighted by molar-refractivity contribution is 7.22. The van der Waals surface area contributed by atoms with E-state index in [2.05, 4.69) is 74.5 Å². The van der Waals surface area contributed by atoms with Crippen LogP contribution in [0.3, 0.4) is 0 Å². The smallest absolute Gasteiger partial charge is 0.270 e. The number of para-hydroxylation sites is 1. The van der Waals surface area contributed by atoms with Crippen LogP contribution in [0.2, 0.25) is 0 Å². The number of carbonyl (C=O) groups is 4. The summed E-state index contributed by atoms with van der Waals surface area (Å²) < 4.78 is 27.9. The lowest BCUT2D eigenvalue weighted by Crippen LogP contribution is -2.64. The number of aromatic nitrogens is 7. The molecule has 23 nitrogen and oxygen atoms in total. The second-order valence-electron chi connectivity index (χ2n) is 31.2. The minimum atomic E-state index is -0.967. The van der Waals surface area contributed by atoms with Crippen molar-refractivity contribution in [1.82, 2.24) is 60.7 Å². The first-order valence-corrected chi connectivity index (χ1v) is 37.9. The van der Waals surface area contributed by atoms with Crippen molar-refractivity contribution in [3.8, 4) is 21.6 Å². The van der Waals surface area contributed by atoms with Gasteiger partial charge in [0.15, 0.2) is 16.8 Å². The first kappa shape index (κ1) is 72.0. The number of fused-ring (bicyclic) bond motifs is 2. The molecular weight excluding hydrogens is 1320 g/mol. The van der Waals surface area contributed by atoms with E-state index in [1.54, 1.807) is 22.7 Å². The molecule has 7 aliphatic rings. The number of anilines is 4. The molecule has 4 saturated carbocycles. The summed E-state index contributed by atoms with van der Waals surface area (Å²) in [4.78, 5) is 77.7. The summed E-state index contributed by atoms with van der Waals surface area (Å²) in [7, 11) is 0. The molecule has 6 atom stereocenters. The van der Waals surface area contributed by atoms with E-state index in [1.807, 2.05) is 101 Å². The summed E-state index contributed by atoms with van der Waals surface area (Å²) in [5, 5.41) is 38.7. The number of thiazole rings is 2. The lowest BCUT2D eigenvalue weighted by molar-refractivity contribution is -0.248. The maximum Gasteiger partial charge on any atom is 0.270 e. The van der Waals surface area contributed by atoms with Gasteiger partial charge < -0.3 is 60.0 Å². The lowest BCUT2D eigenvalue weighted by atomic mass is 9.39. The van der Waals surface area contributed by atoms with Crippen molar-refractivity contribution in [2.45, 2.75) is 176 Å².